The van der Waals surface area contributed by atoms with Crippen molar-refractivity contribution in [3.63, 3.8) is 0 Å². The molecule has 0 aliphatic carbocycles. The number of ether oxygens (including phenoxy) is 1. The van der Waals surface area contributed by atoms with Crippen LogP contribution in [0.4, 0.5) is 0 Å². The van der Waals surface area contributed by atoms with Crippen LogP contribution < -0.4 is 0 Å². The van der Waals surface area contributed by atoms with Crippen LogP contribution in [0.15, 0.2) is 0 Å². The maximum absolute atomic E-state index is 11.2. The fourth-order valence-corrected chi connectivity index (χ4v) is 1.28. The second kappa shape index (κ2) is 8.26. The molecule has 0 radical (unpaired) electrons. The molecule has 1 atom stereocenters. The fraction of sp³-hybridized carbons (Fsp3) is 0.818. The van der Waals surface area contributed by atoms with Gasteiger partial charge in [0.25, 0.3) is 0 Å². The molecule has 15 heavy (non-hydrogen) atoms. The lowest BCUT2D eigenvalue weighted by Gasteiger charge is -2.15. The standard InChI is InChI=1S/C11H20O4/c1-3-5-7-9(8-10(12)13)15-11(14)6-4-2/h9H,3-8H2,1-2H3,(H,12,13). The molecule has 0 aliphatic heterocycles. The monoisotopic (exact) mass is 216 g/mol. The first-order chi connectivity index (χ1) is 7.10. The molecule has 0 aromatic heterocycles. The van der Waals surface area contributed by atoms with Crippen LogP contribution in [0.3, 0.4) is 0 Å². The van der Waals surface area contributed by atoms with Gasteiger partial charge in [0.15, 0.2) is 0 Å². The molecule has 0 heterocycles. The first-order valence-corrected chi connectivity index (χ1v) is 5.51. The minimum Gasteiger partial charge on any atom is -0.481 e. The van der Waals surface area contributed by atoms with Crippen molar-refractivity contribution in [3.8, 4) is 0 Å². The Kier molecular flexibility index (Phi) is 7.68. The van der Waals surface area contributed by atoms with Crippen LogP contribution >= 0.6 is 0 Å². The highest BCUT2D eigenvalue weighted by molar-refractivity contribution is 5.71. The van der Waals surface area contributed by atoms with Crippen LogP contribution in [0.1, 0.15) is 52.4 Å². The predicted molar refractivity (Wildman–Crippen MR) is 56.6 cm³/mol. The van der Waals surface area contributed by atoms with Crippen LogP contribution in [-0.4, -0.2) is 23.1 Å². The molecule has 0 aromatic rings. The first-order valence-electron chi connectivity index (χ1n) is 5.51. The topological polar surface area (TPSA) is 63.6 Å². The van der Waals surface area contributed by atoms with E-state index < -0.39 is 12.1 Å². The Morgan fingerprint density at radius 1 is 1.27 bits per heavy atom. The van der Waals surface area contributed by atoms with Crippen molar-refractivity contribution in [1.29, 1.82) is 0 Å². The number of carboxylic acid groups (broad SMARTS) is 1. The van der Waals surface area contributed by atoms with Gasteiger partial charge in [0, 0.05) is 6.42 Å². The van der Waals surface area contributed by atoms with Crippen molar-refractivity contribution in [2.45, 2.75) is 58.5 Å². The Bertz CT molecular complexity index is 201. The first kappa shape index (κ1) is 13.9. The molecule has 0 aromatic carbocycles. The minimum absolute atomic E-state index is 0.0878. The molecular weight excluding hydrogens is 196 g/mol. The number of carbonyl (C=O) groups excluding carboxylic acids is 1. The summed E-state index contributed by atoms with van der Waals surface area (Å²) in [6, 6.07) is 0. The molecule has 4 heteroatoms. The number of aliphatic carboxylic acids is 1. The highest BCUT2D eigenvalue weighted by atomic mass is 16.5. The van der Waals surface area contributed by atoms with Crippen LogP contribution in [0.5, 0.6) is 0 Å². The van der Waals surface area contributed by atoms with Gasteiger partial charge in [-0.2, -0.15) is 0 Å². The van der Waals surface area contributed by atoms with E-state index in [1.54, 1.807) is 0 Å². The third kappa shape index (κ3) is 7.97. The third-order valence-corrected chi connectivity index (χ3v) is 2.03. The van der Waals surface area contributed by atoms with E-state index in [0.29, 0.717) is 12.8 Å². The summed E-state index contributed by atoms with van der Waals surface area (Å²) in [6.45, 7) is 3.91. The van der Waals surface area contributed by atoms with E-state index in [9.17, 15) is 9.59 Å². The summed E-state index contributed by atoms with van der Waals surface area (Å²) >= 11 is 0. The van der Waals surface area contributed by atoms with Gasteiger partial charge in [0.1, 0.15) is 6.10 Å². The Hall–Kier alpha value is -1.06. The van der Waals surface area contributed by atoms with Gasteiger partial charge in [0.05, 0.1) is 6.42 Å². The average molecular weight is 216 g/mol. The Labute approximate surface area is 90.6 Å². The van der Waals surface area contributed by atoms with Crippen LogP contribution in [0.25, 0.3) is 0 Å². The van der Waals surface area contributed by atoms with E-state index in [-0.39, 0.29) is 12.4 Å². The van der Waals surface area contributed by atoms with Gasteiger partial charge in [0.2, 0.25) is 0 Å². The second-order valence-electron chi connectivity index (χ2n) is 3.60. The quantitative estimate of drug-likeness (QED) is 0.632. The molecule has 1 unspecified atom stereocenters. The van der Waals surface area contributed by atoms with Gasteiger partial charge in [-0.15, -0.1) is 0 Å². The minimum atomic E-state index is -0.916. The maximum Gasteiger partial charge on any atom is 0.307 e. The summed E-state index contributed by atoms with van der Waals surface area (Å²) in [5.74, 6) is -1.21. The maximum atomic E-state index is 11.2. The van der Waals surface area contributed by atoms with Crippen LogP contribution in [0.2, 0.25) is 0 Å². The van der Waals surface area contributed by atoms with E-state index >= 15 is 0 Å². The summed E-state index contributed by atoms with van der Waals surface area (Å²) < 4.78 is 5.08. The Balaban J connectivity index is 3.98. The molecule has 4 nitrogen and oxygen atoms in total. The van der Waals surface area contributed by atoms with Gasteiger partial charge in [-0.1, -0.05) is 26.7 Å². The smallest absolute Gasteiger partial charge is 0.307 e. The predicted octanol–water partition coefficient (Wildman–Crippen LogP) is 2.36. The summed E-state index contributed by atoms with van der Waals surface area (Å²) in [7, 11) is 0. The third-order valence-electron chi connectivity index (χ3n) is 2.03. The molecule has 0 amide bonds. The zero-order chi connectivity index (χ0) is 11.7. The van der Waals surface area contributed by atoms with E-state index in [1.807, 2.05) is 13.8 Å². The summed E-state index contributed by atoms with van der Waals surface area (Å²) in [5.41, 5.74) is 0. The molecule has 0 fully saturated rings. The summed E-state index contributed by atoms with van der Waals surface area (Å²) in [4.78, 5) is 21.7. The lowest BCUT2D eigenvalue weighted by molar-refractivity contribution is -0.153. The summed E-state index contributed by atoms with van der Waals surface area (Å²) in [5, 5.41) is 8.63. The largest absolute Gasteiger partial charge is 0.481 e. The molecule has 0 saturated heterocycles. The van der Waals surface area contributed by atoms with E-state index in [4.69, 9.17) is 9.84 Å². The SMILES string of the molecule is CCCCC(CC(=O)O)OC(=O)CCC. The molecule has 0 rings (SSSR count). The molecule has 0 spiro atoms. The zero-order valence-electron chi connectivity index (χ0n) is 9.49. The van der Waals surface area contributed by atoms with Gasteiger partial charge >= 0.3 is 11.9 Å². The lowest BCUT2D eigenvalue weighted by atomic mass is 10.1. The van der Waals surface area contributed by atoms with Gasteiger partial charge in [-0.25, -0.2) is 0 Å². The molecule has 0 bridgehead atoms. The van der Waals surface area contributed by atoms with Gasteiger partial charge in [-0.3, -0.25) is 9.59 Å². The van der Waals surface area contributed by atoms with Crippen molar-refractivity contribution < 1.29 is 19.4 Å². The Morgan fingerprint density at radius 2 is 1.93 bits per heavy atom. The highest BCUT2D eigenvalue weighted by Gasteiger charge is 2.16. The van der Waals surface area contributed by atoms with E-state index in [2.05, 4.69) is 0 Å². The van der Waals surface area contributed by atoms with Crippen molar-refractivity contribution in [2.24, 2.45) is 0 Å². The van der Waals surface area contributed by atoms with E-state index in [0.717, 1.165) is 19.3 Å². The Morgan fingerprint density at radius 3 is 2.40 bits per heavy atom. The van der Waals surface area contributed by atoms with Gasteiger partial charge < -0.3 is 9.84 Å². The number of hydrogen-bond acceptors (Lipinski definition) is 3. The highest BCUT2D eigenvalue weighted by Crippen LogP contribution is 2.10. The van der Waals surface area contributed by atoms with Crippen LogP contribution in [0, 0.1) is 0 Å². The van der Waals surface area contributed by atoms with Crippen molar-refractivity contribution >= 4 is 11.9 Å². The number of hydrogen-bond donors (Lipinski definition) is 1. The molecule has 0 saturated carbocycles. The second-order valence-corrected chi connectivity index (χ2v) is 3.60. The van der Waals surface area contributed by atoms with Crippen molar-refractivity contribution in [2.75, 3.05) is 0 Å². The molecule has 1 N–H and O–H groups in total. The van der Waals surface area contributed by atoms with E-state index in [1.165, 1.54) is 0 Å². The number of unbranched alkanes of at least 4 members (excludes halogenated alkanes) is 1. The van der Waals surface area contributed by atoms with Crippen LogP contribution in [-0.2, 0) is 14.3 Å². The summed E-state index contributed by atoms with van der Waals surface area (Å²) in [6.07, 6.45) is 3.04. The van der Waals surface area contributed by atoms with Gasteiger partial charge in [-0.05, 0) is 12.8 Å². The van der Waals surface area contributed by atoms with Crippen molar-refractivity contribution in [1.82, 2.24) is 0 Å². The zero-order valence-corrected chi connectivity index (χ0v) is 9.49. The lowest BCUT2D eigenvalue weighted by Crippen LogP contribution is -2.21. The fourth-order valence-electron chi connectivity index (χ4n) is 1.28. The number of carbonyl (C=O) groups is 2. The number of carboxylic acids is 1. The molecule has 88 valence electrons. The van der Waals surface area contributed by atoms with Crippen molar-refractivity contribution in [3.05, 3.63) is 0 Å². The molecule has 0 aliphatic rings. The average Bonchev–Trinajstić information content (AvgIpc) is 2.13. The number of esters is 1. The molecular formula is C11H20O4. The normalized spacial score (nSPS) is 12.1. The number of rotatable bonds is 8.